The number of ether oxygens (including phenoxy) is 2. The van der Waals surface area contributed by atoms with Crippen molar-refractivity contribution in [2.24, 2.45) is 0 Å². The van der Waals surface area contributed by atoms with Crippen molar-refractivity contribution in [3.63, 3.8) is 0 Å². The van der Waals surface area contributed by atoms with Gasteiger partial charge in [0.15, 0.2) is 0 Å². The molecule has 2 unspecified atom stereocenters. The van der Waals surface area contributed by atoms with Gasteiger partial charge in [0.1, 0.15) is 24.7 Å². The van der Waals surface area contributed by atoms with Crippen LogP contribution in [0.1, 0.15) is 22.3 Å². The first-order chi connectivity index (χ1) is 19.3. The molecule has 0 saturated carbocycles. The monoisotopic (exact) mass is 574 g/mol. The fraction of sp³-hybridized carbons (Fsp3) is 0.294. The van der Waals surface area contributed by atoms with Gasteiger partial charge in [-0.2, -0.15) is 0 Å². The van der Waals surface area contributed by atoms with Crippen molar-refractivity contribution in [3.05, 3.63) is 107 Å². The lowest BCUT2D eigenvalue weighted by molar-refractivity contribution is 0.125. The topological polar surface area (TPSA) is 58.9 Å². The van der Waals surface area contributed by atoms with Gasteiger partial charge in [-0.25, -0.2) is 0 Å². The third kappa shape index (κ3) is 8.55. The zero-order chi connectivity index (χ0) is 28.5. The average Bonchev–Trinajstić information content (AvgIpc) is 2.95. The van der Waals surface area contributed by atoms with Crippen LogP contribution in [0.5, 0.6) is 11.5 Å². The van der Waals surface area contributed by atoms with Crippen LogP contribution in [0.15, 0.2) is 94.7 Å². The molecule has 210 valence electrons. The maximum atomic E-state index is 10.5. The highest BCUT2D eigenvalue weighted by molar-refractivity contribution is 7.99. The molecule has 0 saturated heterocycles. The Kier molecular flexibility index (Phi) is 11.0. The summed E-state index contributed by atoms with van der Waals surface area (Å²) in [7, 11) is 0. The van der Waals surface area contributed by atoms with Crippen molar-refractivity contribution >= 4 is 23.5 Å². The molecular weight excluding hydrogens is 537 g/mol. The van der Waals surface area contributed by atoms with Gasteiger partial charge in [0.25, 0.3) is 0 Å². The van der Waals surface area contributed by atoms with Crippen LogP contribution in [-0.2, 0) is 0 Å². The van der Waals surface area contributed by atoms with Gasteiger partial charge in [0, 0.05) is 21.3 Å². The normalized spacial score (nSPS) is 12.7. The van der Waals surface area contributed by atoms with Crippen molar-refractivity contribution in [2.45, 2.75) is 49.7 Å². The maximum absolute atomic E-state index is 10.5. The Labute approximate surface area is 246 Å². The van der Waals surface area contributed by atoms with Crippen LogP contribution in [0.4, 0.5) is 0 Å². The van der Waals surface area contributed by atoms with Crippen molar-refractivity contribution < 1.29 is 19.7 Å². The van der Waals surface area contributed by atoms with Gasteiger partial charge < -0.3 is 19.7 Å². The molecule has 0 aliphatic carbocycles. The Hall–Kier alpha value is -2.90. The highest BCUT2D eigenvalue weighted by Gasteiger charge is 2.15. The van der Waals surface area contributed by atoms with E-state index in [0.29, 0.717) is 11.5 Å². The molecule has 6 heteroatoms. The summed E-state index contributed by atoms with van der Waals surface area (Å²) in [4.78, 5) is 2.28. The van der Waals surface area contributed by atoms with Crippen LogP contribution in [0.25, 0.3) is 11.1 Å². The van der Waals surface area contributed by atoms with Gasteiger partial charge in [-0.05, 0) is 110 Å². The fourth-order valence-electron chi connectivity index (χ4n) is 4.56. The van der Waals surface area contributed by atoms with Crippen molar-refractivity contribution in [3.8, 4) is 22.6 Å². The van der Waals surface area contributed by atoms with Crippen LogP contribution < -0.4 is 9.47 Å². The standard InChI is InChI=1S/C34H38O4S2/c1-23-15-27(16-24(2)33(23)37-19-29(35)21-39-31-11-7-5-8-12-31)28-17-25(3)34(26(4)18-28)38-20-30(36)22-40-32-13-9-6-10-14-32/h5-18,29-30,35-36H,19-22H2,1-4H3. The number of thioether (sulfide) groups is 2. The molecule has 0 radical (unpaired) electrons. The summed E-state index contributed by atoms with van der Waals surface area (Å²) in [6, 6.07) is 28.7. The van der Waals surface area contributed by atoms with E-state index in [-0.39, 0.29) is 13.2 Å². The number of hydrogen-bond donors (Lipinski definition) is 2. The molecule has 0 heterocycles. The molecular formula is C34H38O4S2. The van der Waals surface area contributed by atoms with Gasteiger partial charge in [-0.15, -0.1) is 23.5 Å². The second-order valence-electron chi connectivity index (χ2n) is 10.1. The number of aryl methyl sites for hydroxylation is 4. The van der Waals surface area contributed by atoms with Crippen LogP contribution in [0, 0.1) is 27.7 Å². The predicted octanol–water partition coefficient (Wildman–Crippen LogP) is 7.65. The number of benzene rings is 4. The summed E-state index contributed by atoms with van der Waals surface area (Å²) in [6.45, 7) is 8.68. The van der Waals surface area contributed by atoms with Crippen LogP contribution >= 0.6 is 23.5 Å². The SMILES string of the molecule is Cc1cc(-c2cc(C)c(OCC(O)CSc3ccccc3)c(C)c2)cc(C)c1OCC(O)CSc1ccccc1. The fourth-order valence-corrected chi connectivity index (χ4v) is 6.22. The van der Waals surface area contributed by atoms with Gasteiger partial charge in [0.05, 0.1) is 12.2 Å². The first-order valence-corrected chi connectivity index (χ1v) is 15.5. The highest BCUT2D eigenvalue weighted by Crippen LogP contribution is 2.34. The summed E-state index contributed by atoms with van der Waals surface area (Å²) in [5, 5.41) is 20.9. The minimum Gasteiger partial charge on any atom is -0.490 e. The van der Waals surface area contributed by atoms with E-state index in [0.717, 1.165) is 54.7 Å². The zero-order valence-corrected chi connectivity index (χ0v) is 25.2. The quantitative estimate of drug-likeness (QED) is 0.160. The van der Waals surface area contributed by atoms with Gasteiger partial charge >= 0.3 is 0 Å². The van der Waals surface area contributed by atoms with Crippen LogP contribution in [0.3, 0.4) is 0 Å². The lowest BCUT2D eigenvalue weighted by Crippen LogP contribution is -2.20. The zero-order valence-electron chi connectivity index (χ0n) is 23.6. The molecule has 0 aliphatic heterocycles. The lowest BCUT2D eigenvalue weighted by Gasteiger charge is -2.19. The Balaban J connectivity index is 1.35. The molecule has 0 bridgehead atoms. The van der Waals surface area contributed by atoms with Crippen molar-refractivity contribution in [1.29, 1.82) is 0 Å². The van der Waals surface area contributed by atoms with E-state index in [4.69, 9.17) is 9.47 Å². The minimum absolute atomic E-state index is 0.251. The summed E-state index contributed by atoms with van der Waals surface area (Å²) >= 11 is 3.25. The van der Waals surface area contributed by atoms with E-state index in [1.54, 1.807) is 23.5 Å². The average molecular weight is 575 g/mol. The summed E-state index contributed by atoms with van der Waals surface area (Å²) in [5.41, 5.74) is 6.36. The van der Waals surface area contributed by atoms with Gasteiger partial charge in [-0.3, -0.25) is 0 Å². The van der Waals surface area contributed by atoms with E-state index in [1.807, 2.05) is 88.4 Å². The van der Waals surface area contributed by atoms with Crippen LogP contribution in [0.2, 0.25) is 0 Å². The third-order valence-corrected chi connectivity index (χ3v) is 8.78. The molecule has 4 aromatic rings. The Morgan fingerprint density at radius 3 is 1.20 bits per heavy atom. The second kappa shape index (κ2) is 14.6. The van der Waals surface area contributed by atoms with Crippen molar-refractivity contribution in [1.82, 2.24) is 0 Å². The molecule has 0 aromatic heterocycles. The first-order valence-electron chi connectivity index (χ1n) is 13.5. The van der Waals surface area contributed by atoms with E-state index in [2.05, 4.69) is 24.3 Å². The number of aliphatic hydroxyl groups excluding tert-OH is 2. The molecule has 2 N–H and O–H groups in total. The molecule has 4 rings (SSSR count). The lowest BCUT2D eigenvalue weighted by atomic mass is 9.96. The molecule has 4 nitrogen and oxygen atoms in total. The Morgan fingerprint density at radius 1 is 0.550 bits per heavy atom. The van der Waals surface area contributed by atoms with E-state index in [1.165, 1.54) is 0 Å². The van der Waals surface area contributed by atoms with Crippen molar-refractivity contribution in [2.75, 3.05) is 24.7 Å². The van der Waals surface area contributed by atoms with E-state index < -0.39 is 12.2 Å². The van der Waals surface area contributed by atoms with Gasteiger partial charge in [0.2, 0.25) is 0 Å². The smallest absolute Gasteiger partial charge is 0.125 e. The predicted molar refractivity (Wildman–Crippen MR) is 168 cm³/mol. The summed E-state index contributed by atoms with van der Waals surface area (Å²) in [6.07, 6.45) is -1.12. The number of hydrogen-bond acceptors (Lipinski definition) is 6. The molecule has 0 aliphatic rings. The Bertz CT molecular complexity index is 1220. The van der Waals surface area contributed by atoms with E-state index in [9.17, 15) is 10.2 Å². The molecule has 4 aromatic carbocycles. The van der Waals surface area contributed by atoms with Crippen LogP contribution in [-0.4, -0.2) is 47.1 Å². The van der Waals surface area contributed by atoms with Gasteiger partial charge in [-0.1, -0.05) is 36.4 Å². The van der Waals surface area contributed by atoms with E-state index >= 15 is 0 Å². The molecule has 0 spiro atoms. The molecule has 2 atom stereocenters. The number of aliphatic hydroxyl groups is 2. The first kappa shape index (κ1) is 30.1. The maximum Gasteiger partial charge on any atom is 0.125 e. The molecule has 0 amide bonds. The molecule has 0 fully saturated rings. The largest absolute Gasteiger partial charge is 0.490 e. The molecule has 40 heavy (non-hydrogen) atoms. The third-order valence-electron chi connectivity index (χ3n) is 6.47. The number of rotatable bonds is 13. The minimum atomic E-state index is -0.558. The Morgan fingerprint density at radius 2 is 0.875 bits per heavy atom. The summed E-state index contributed by atoms with van der Waals surface area (Å²) < 4.78 is 12.1. The second-order valence-corrected chi connectivity index (χ2v) is 12.2. The summed E-state index contributed by atoms with van der Waals surface area (Å²) in [5.74, 6) is 2.80. The highest BCUT2D eigenvalue weighted by atomic mass is 32.2.